The van der Waals surface area contributed by atoms with Crippen molar-refractivity contribution in [3.8, 4) is 0 Å². The molecule has 4 aliphatic rings. The predicted molar refractivity (Wildman–Crippen MR) is 237 cm³/mol. The van der Waals surface area contributed by atoms with Gasteiger partial charge in [-0.1, -0.05) is 75.8 Å². The predicted octanol–water partition coefficient (Wildman–Crippen LogP) is 6.61. The monoisotopic (exact) mass is 882 g/mol. The second-order valence-electron chi connectivity index (χ2n) is 19.1. The molecule has 1 aliphatic carbocycles. The molecule has 3 N–H and O–H groups in total. The molecule has 3 aliphatic heterocycles. The number of cyclic esters (lactones) is 1. The van der Waals surface area contributed by atoms with Crippen molar-refractivity contribution in [1.82, 2.24) is 4.90 Å². The molecule has 1 aromatic carbocycles. The number of nitrogens with zero attached hydrogens (tertiary/aromatic N) is 1. The van der Waals surface area contributed by atoms with Crippen molar-refractivity contribution >= 4 is 23.4 Å². The zero-order chi connectivity index (χ0) is 46.0. The minimum Gasteiger partial charge on any atom is -0.456 e. The van der Waals surface area contributed by atoms with Gasteiger partial charge in [0.25, 0.3) is 11.7 Å². The zero-order valence-corrected chi connectivity index (χ0v) is 38.9. The van der Waals surface area contributed by atoms with Gasteiger partial charge >= 0.3 is 5.97 Å². The lowest BCUT2D eigenvalue weighted by Gasteiger charge is -2.47. The van der Waals surface area contributed by atoms with E-state index in [4.69, 9.17) is 23.7 Å². The van der Waals surface area contributed by atoms with Crippen LogP contribution in [0.2, 0.25) is 0 Å². The fourth-order valence-electron chi connectivity index (χ4n) is 10.3. The van der Waals surface area contributed by atoms with Crippen LogP contribution in [-0.2, 0) is 42.9 Å². The number of benzene rings is 1. The summed E-state index contributed by atoms with van der Waals surface area (Å²) in [6.45, 7) is 11.8. The lowest BCUT2D eigenvalue weighted by atomic mass is 9.82. The van der Waals surface area contributed by atoms with Gasteiger partial charge in [-0.05, 0) is 113 Å². The molecule has 13 heteroatoms. The summed E-state index contributed by atoms with van der Waals surface area (Å²) in [5.41, 5.74) is 2.58. The van der Waals surface area contributed by atoms with Crippen molar-refractivity contribution < 1.29 is 58.2 Å². The minimum atomic E-state index is -2.49. The maximum atomic E-state index is 14.4. The lowest BCUT2D eigenvalue weighted by Crippen LogP contribution is -2.64. The number of amides is 1. The van der Waals surface area contributed by atoms with Crippen LogP contribution in [0.5, 0.6) is 0 Å². The summed E-state index contributed by atoms with van der Waals surface area (Å²) in [4.78, 5) is 58.1. The minimum absolute atomic E-state index is 0.0561. The van der Waals surface area contributed by atoms with E-state index < -0.39 is 78.1 Å². The van der Waals surface area contributed by atoms with E-state index in [0.717, 1.165) is 16.7 Å². The van der Waals surface area contributed by atoms with E-state index in [1.165, 1.54) is 4.90 Å². The number of fused-ring (bicyclic) bond motifs is 3. The van der Waals surface area contributed by atoms with Crippen LogP contribution >= 0.6 is 0 Å². The molecule has 0 spiro atoms. The fourth-order valence-corrected chi connectivity index (χ4v) is 10.3. The van der Waals surface area contributed by atoms with Crippen molar-refractivity contribution in [2.75, 3.05) is 27.4 Å². The van der Waals surface area contributed by atoms with E-state index in [9.17, 15) is 34.5 Å². The number of esters is 1. The number of piperidine rings is 1. The van der Waals surface area contributed by atoms with E-state index in [2.05, 4.69) is 13.0 Å². The number of aliphatic hydroxyl groups is 3. The summed E-state index contributed by atoms with van der Waals surface area (Å²) < 4.78 is 30.4. The molecule has 14 unspecified atom stereocenters. The number of hydrogen-bond acceptors (Lipinski definition) is 12. The average Bonchev–Trinajstić information content (AvgIpc) is 3.27. The summed E-state index contributed by atoms with van der Waals surface area (Å²) in [6.07, 6.45) is 5.22. The Hall–Kier alpha value is -3.30. The van der Waals surface area contributed by atoms with E-state index in [0.29, 0.717) is 57.8 Å². The Morgan fingerprint density at radius 2 is 1.65 bits per heavy atom. The van der Waals surface area contributed by atoms with Crippen molar-refractivity contribution in [3.05, 3.63) is 59.2 Å². The van der Waals surface area contributed by atoms with Gasteiger partial charge in [0.1, 0.15) is 30.1 Å². The molecule has 63 heavy (non-hydrogen) atoms. The van der Waals surface area contributed by atoms with Gasteiger partial charge in [0, 0.05) is 39.0 Å². The van der Waals surface area contributed by atoms with Crippen LogP contribution in [-0.4, -0.2) is 119 Å². The number of methoxy groups -OCH3 is 2. The van der Waals surface area contributed by atoms with Gasteiger partial charge in [0.05, 0.1) is 31.0 Å². The first-order chi connectivity index (χ1) is 30.0. The zero-order valence-electron chi connectivity index (χ0n) is 38.9. The SMILES string of the molecule is CCC1/C=C(\C)CC(C)CC(OC)C2OC(O)(C(=O)C(=O)N3CCCCC3C(=O)OC(C(C)=CC3CCC(OCC(O)c4ccccc4)C(O)C3)C(C)CCC1=O)C(C)CC2OC. The second kappa shape index (κ2) is 23.2. The third-order valence-electron chi connectivity index (χ3n) is 14.1. The number of aliphatic hydroxyl groups excluding tert-OH is 2. The van der Waals surface area contributed by atoms with E-state index in [-0.39, 0.29) is 61.9 Å². The van der Waals surface area contributed by atoms with Gasteiger partial charge in [-0.25, -0.2) is 4.79 Å². The van der Waals surface area contributed by atoms with Gasteiger partial charge in [-0.3, -0.25) is 14.4 Å². The van der Waals surface area contributed by atoms with Crippen LogP contribution in [0.3, 0.4) is 0 Å². The largest absolute Gasteiger partial charge is 0.456 e. The molecule has 3 heterocycles. The molecule has 1 amide bonds. The third kappa shape index (κ3) is 12.7. The van der Waals surface area contributed by atoms with Gasteiger partial charge in [0.15, 0.2) is 0 Å². The van der Waals surface area contributed by atoms with E-state index in [1.807, 2.05) is 64.1 Å². The topological polar surface area (TPSA) is 178 Å². The molecule has 14 atom stereocenters. The molecule has 3 fully saturated rings. The van der Waals surface area contributed by atoms with Gasteiger partial charge in [-0.2, -0.15) is 0 Å². The Kier molecular flexibility index (Phi) is 18.7. The molecule has 2 saturated heterocycles. The number of hydrogen-bond donors (Lipinski definition) is 3. The standard InChI is InChI=1S/C50H75NO12/c1-9-36-24-30(2)23-31(3)25-43(59-7)46-44(60-8)27-34(6)50(58,63-46)47(55)48(56)51-22-14-13-17-38(51)49(57)62-45(32(4)18-20-39(36)52)33(5)26-35-19-21-42(40(53)28-35)61-29-41(54)37-15-11-10-12-16-37/h10-12,15-16,24,26,31-32,34-36,38,40-46,53-54,58H,9,13-14,17-23,25,27-29H2,1-8H3/b30-24+,33-26?. The molecule has 0 aromatic heterocycles. The first kappa shape index (κ1) is 50.7. The molecule has 0 radical (unpaired) electrons. The number of Topliss-reactive ketones (excluding diaryl/α,β-unsaturated/α-hetero) is 2. The molecular formula is C50H75NO12. The Bertz CT molecular complexity index is 1750. The van der Waals surface area contributed by atoms with E-state index >= 15 is 0 Å². The summed E-state index contributed by atoms with van der Waals surface area (Å²) in [7, 11) is 3.09. The first-order valence-corrected chi connectivity index (χ1v) is 23.4. The average molecular weight is 882 g/mol. The highest BCUT2D eigenvalue weighted by Gasteiger charge is 2.56. The fraction of sp³-hybridized carbons (Fsp3) is 0.720. The number of allylic oxidation sites excluding steroid dienone is 3. The van der Waals surface area contributed by atoms with Gasteiger partial charge in [0.2, 0.25) is 5.79 Å². The Labute approximate surface area is 374 Å². The summed E-state index contributed by atoms with van der Waals surface area (Å²) in [5.74, 6) is -6.56. The number of carbonyl (C=O) groups excluding carboxylic acids is 4. The number of rotatable bonds is 9. The van der Waals surface area contributed by atoms with Gasteiger partial charge < -0.3 is 43.9 Å². The van der Waals surface area contributed by atoms with Crippen LogP contribution in [0.15, 0.2) is 53.6 Å². The normalized spacial score (nSPS) is 37.5. The van der Waals surface area contributed by atoms with Gasteiger partial charge in [-0.15, -0.1) is 0 Å². The maximum Gasteiger partial charge on any atom is 0.329 e. The highest BCUT2D eigenvalue weighted by Crippen LogP contribution is 2.39. The van der Waals surface area contributed by atoms with Crippen molar-refractivity contribution in [2.45, 2.75) is 173 Å². The highest BCUT2D eigenvalue weighted by atomic mass is 16.7. The third-order valence-corrected chi connectivity index (χ3v) is 14.1. The highest BCUT2D eigenvalue weighted by molar-refractivity contribution is 6.39. The van der Waals surface area contributed by atoms with Crippen molar-refractivity contribution in [2.24, 2.45) is 29.6 Å². The second-order valence-corrected chi connectivity index (χ2v) is 19.1. The molecule has 1 aromatic rings. The smallest absolute Gasteiger partial charge is 0.329 e. The number of carbonyl (C=O) groups is 4. The van der Waals surface area contributed by atoms with Crippen LogP contribution in [0.25, 0.3) is 0 Å². The first-order valence-electron chi connectivity index (χ1n) is 23.4. The van der Waals surface area contributed by atoms with E-state index in [1.54, 1.807) is 21.1 Å². The molecule has 352 valence electrons. The maximum absolute atomic E-state index is 14.4. The molecule has 1 saturated carbocycles. The van der Waals surface area contributed by atoms with Crippen molar-refractivity contribution in [3.63, 3.8) is 0 Å². The van der Waals surface area contributed by atoms with Crippen molar-refractivity contribution in [1.29, 1.82) is 0 Å². The quantitative estimate of drug-likeness (QED) is 0.138. The molecular weight excluding hydrogens is 807 g/mol. The molecule has 2 bridgehead atoms. The Morgan fingerprint density at radius 1 is 0.952 bits per heavy atom. The van der Waals surface area contributed by atoms with Crippen LogP contribution in [0, 0.1) is 29.6 Å². The molecule has 13 nitrogen and oxygen atoms in total. The Balaban J connectivity index is 1.42. The van der Waals surface area contributed by atoms with Crippen LogP contribution in [0.1, 0.15) is 130 Å². The summed E-state index contributed by atoms with van der Waals surface area (Å²) >= 11 is 0. The summed E-state index contributed by atoms with van der Waals surface area (Å²) in [5, 5.41) is 33.9. The lowest BCUT2D eigenvalue weighted by molar-refractivity contribution is -0.302. The Morgan fingerprint density at radius 3 is 2.32 bits per heavy atom. The van der Waals surface area contributed by atoms with Crippen LogP contribution in [0.4, 0.5) is 0 Å². The summed E-state index contributed by atoms with van der Waals surface area (Å²) in [6, 6.07) is 8.18. The van der Waals surface area contributed by atoms with Crippen LogP contribution < -0.4 is 0 Å². The molecule has 5 rings (SSSR count). The number of ether oxygens (including phenoxy) is 5. The number of ketones is 2.